The maximum absolute atomic E-state index is 6.11. The van der Waals surface area contributed by atoms with Crippen LogP contribution >= 0.6 is 11.3 Å². The zero-order chi connectivity index (χ0) is 19.1. The summed E-state index contributed by atoms with van der Waals surface area (Å²) in [7, 11) is 1.83. The van der Waals surface area contributed by atoms with Gasteiger partial charge in [-0.3, -0.25) is 4.99 Å². The second-order valence-electron chi connectivity index (χ2n) is 7.77. The van der Waals surface area contributed by atoms with Crippen LogP contribution in [0.15, 0.2) is 52.8 Å². The number of thiophene rings is 1. The van der Waals surface area contributed by atoms with E-state index in [1.165, 1.54) is 16.9 Å². The maximum atomic E-state index is 6.11. The lowest BCUT2D eigenvalue weighted by atomic mass is 9.89. The van der Waals surface area contributed by atoms with Crippen molar-refractivity contribution < 1.29 is 4.74 Å². The lowest BCUT2D eigenvalue weighted by Gasteiger charge is -2.33. The third-order valence-corrected chi connectivity index (χ3v) is 6.45. The van der Waals surface area contributed by atoms with Gasteiger partial charge in [-0.15, -0.1) is 11.3 Å². The average molecular weight is 386 g/mol. The van der Waals surface area contributed by atoms with E-state index in [1.54, 1.807) is 11.3 Å². The van der Waals surface area contributed by atoms with Crippen LogP contribution in [0.4, 0.5) is 0 Å². The Labute approximate surface area is 167 Å². The van der Waals surface area contributed by atoms with Gasteiger partial charge >= 0.3 is 0 Å². The predicted molar refractivity (Wildman–Crippen MR) is 115 cm³/mol. The van der Waals surface area contributed by atoms with Gasteiger partial charge in [-0.25, -0.2) is 0 Å². The molecule has 1 fully saturated rings. The van der Waals surface area contributed by atoms with Crippen molar-refractivity contribution in [2.45, 2.75) is 38.2 Å². The summed E-state index contributed by atoms with van der Waals surface area (Å²) in [5, 5.41) is 9.15. The summed E-state index contributed by atoms with van der Waals surface area (Å²) in [6.45, 7) is 7.08. The molecule has 3 rings (SSSR count). The summed E-state index contributed by atoms with van der Waals surface area (Å²) >= 11 is 1.81. The van der Waals surface area contributed by atoms with Gasteiger partial charge in [0.05, 0.1) is 6.10 Å². The Morgan fingerprint density at radius 3 is 2.70 bits per heavy atom. The van der Waals surface area contributed by atoms with Crippen LogP contribution in [0.1, 0.15) is 43.2 Å². The molecule has 27 heavy (non-hydrogen) atoms. The highest BCUT2D eigenvalue weighted by molar-refractivity contribution is 7.10. The van der Waals surface area contributed by atoms with Crippen molar-refractivity contribution in [2.24, 2.45) is 10.9 Å². The van der Waals surface area contributed by atoms with E-state index in [4.69, 9.17) is 4.74 Å². The summed E-state index contributed by atoms with van der Waals surface area (Å²) in [5.74, 6) is 1.31. The Morgan fingerprint density at radius 2 is 2.00 bits per heavy atom. The van der Waals surface area contributed by atoms with Gasteiger partial charge in [0.1, 0.15) is 0 Å². The fraction of sp³-hybridized carbons (Fsp3) is 0.500. The first-order valence-corrected chi connectivity index (χ1v) is 10.6. The molecular weight excluding hydrogens is 354 g/mol. The number of hydrogen-bond acceptors (Lipinski definition) is 3. The SMILES string of the molecule is CN=C(NCC1CCCOC1c1ccccc1)NCC(C)(C)c1cccs1. The summed E-state index contributed by atoms with van der Waals surface area (Å²) in [6.07, 6.45) is 2.45. The molecule has 2 N–H and O–H groups in total. The van der Waals surface area contributed by atoms with E-state index in [0.717, 1.165) is 32.1 Å². The smallest absolute Gasteiger partial charge is 0.191 e. The number of ether oxygens (including phenoxy) is 1. The number of aliphatic imine (C=N–C) groups is 1. The molecule has 2 unspecified atom stereocenters. The van der Waals surface area contributed by atoms with Crippen LogP contribution in [0.3, 0.4) is 0 Å². The summed E-state index contributed by atoms with van der Waals surface area (Å²) in [6, 6.07) is 14.9. The van der Waals surface area contributed by atoms with E-state index >= 15 is 0 Å². The number of benzene rings is 1. The Bertz CT molecular complexity index is 712. The van der Waals surface area contributed by atoms with Crippen molar-refractivity contribution in [3.63, 3.8) is 0 Å². The second kappa shape index (κ2) is 9.38. The zero-order valence-electron chi connectivity index (χ0n) is 16.6. The van der Waals surface area contributed by atoms with Crippen molar-refractivity contribution in [1.29, 1.82) is 0 Å². The minimum Gasteiger partial charge on any atom is -0.373 e. The maximum Gasteiger partial charge on any atom is 0.191 e. The van der Waals surface area contributed by atoms with Gasteiger partial charge in [-0.1, -0.05) is 50.2 Å². The molecule has 2 heterocycles. The number of rotatable bonds is 6. The number of hydrogen-bond donors (Lipinski definition) is 2. The molecule has 0 radical (unpaired) electrons. The molecule has 1 aliphatic heterocycles. The molecule has 0 spiro atoms. The van der Waals surface area contributed by atoms with Crippen LogP contribution in [-0.2, 0) is 10.2 Å². The first kappa shape index (κ1) is 19.9. The molecule has 1 aliphatic rings. The van der Waals surface area contributed by atoms with Gasteiger partial charge < -0.3 is 15.4 Å². The lowest BCUT2D eigenvalue weighted by molar-refractivity contribution is -0.0265. The van der Waals surface area contributed by atoms with Crippen LogP contribution in [0.25, 0.3) is 0 Å². The normalized spacial score (nSPS) is 21.1. The highest BCUT2D eigenvalue weighted by atomic mass is 32.1. The number of nitrogens with zero attached hydrogens (tertiary/aromatic N) is 1. The zero-order valence-corrected chi connectivity index (χ0v) is 17.4. The largest absolute Gasteiger partial charge is 0.373 e. The Balaban J connectivity index is 1.55. The standard InChI is InChI=1S/C22H31N3OS/c1-22(2,19-12-8-14-27-19)16-25-21(23-3)24-15-18-11-7-13-26-20(18)17-9-5-4-6-10-17/h4-6,8-10,12,14,18,20H,7,11,13,15-16H2,1-3H3,(H2,23,24,25). The van der Waals surface area contributed by atoms with Crippen LogP contribution in [0, 0.1) is 5.92 Å². The lowest BCUT2D eigenvalue weighted by Crippen LogP contribution is -2.45. The van der Waals surface area contributed by atoms with Crippen molar-refractivity contribution in [3.8, 4) is 0 Å². The van der Waals surface area contributed by atoms with Crippen LogP contribution in [0.2, 0.25) is 0 Å². The molecule has 146 valence electrons. The molecule has 0 bridgehead atoms. The van der Waals surface area contributed by atoms with Gasteiger partial charge in [-0.05, 0) is 29.9 Å². The molecule has 4 nitrogen and oxygen atoms in total. The van der Waals surface area contributed by atoms with Gasteiger partial charge in [0, 0.05) is 43.0 Å². The molecular formula is C22H31N3OS. The highest BCUT2D eigenvalue weighted by Gasteiger charge is 2.28. The summed E-state index contributed by atoms with van der Waals surface area (Å²) < 4.78 is 6.11. The average Bonchev–Trinajstić information content (AvgIpc) is 3.25. The van der Waals surface area contributed by atoms with Gasteiger partial charge in [0.2, 0.25) is 0 Å². The van der Waals surface area contributed by atoms with Crippen LogP contribution in [-0.4, -0.2) is 32.7 Å². The van der Waals surface area contributed by atoms with Gasteiger partial charge in [0.25, 0.3) is 0 Å². The van der Waals surface area contributed by atoms with Crippen LogP contribution < -0.4 is 10.6 Å². The third kappa shape index (κ3) is 5.33. The predicted octanol–water partition coefficient (Wildman–Crippen LogP) is 4.36. The van der Waals surface area contributed by atoms with E-state index in [0.29, 0.717) is 5.92 Å². The summed E-state index contributed by atoms with van der Waals surface area (Å²) in [4.78, 5) is 5.80. The second-order valence-corrected chi connectivity index (χ2v) is 8.72. The van der Waals surface area contributed by atoms with Crippen molar-refractivity contribution in [2.75, 3.05) is 26.7 Å². The Kier molecular flexibility index (Phi) is 6.91. The first-order valence-electron chi connectivity index (χ1n) is 9.75. The summed E-state index contributed by atoms with van der Waals surface area (Å²) in [5.41, 5.74) is 1.34. The minimum absolute atomic E-state index is 0.0757. The molecule has 1 aromatic carbocycles. The van der Waals surface area contributed by atoms with Crippen molar-refractivity contribution in [3.05, 3.63) is 58.3 Å². The van der Waals surface area contributed by atoms with Crippen LogP contribution in [0.5, 0.6) is 0 Å². The molecule has 2 aromatic rings. The van der Waals surface area contributed by atoms with Crippen molar-refractivity contribution >= 4 is 17.3 Å². The number of guanidine groups is 1. The molecule has 1 aromatic heterocycles. The van der Waals surface area contributed by atoms with E-state index in [2.05, 4.69) is 77.3 Å². The molecule has 0 saturated carbocycles. The Morgan fingerprint density at radius 1 is 1.19 bits per heavy atom. The van der Waals surface area contributed by atoms with E-state index in [1.807, 2.05) is 7.05 Å². The molecule has 2 atom stereocenters. The minimum atomic E-state index is 0.0757. The third-order valence-electron chi connectivity index (χ3n) is 5.21. The molecule has 0 aliphatic carbocycles. The van der Waals surface area contributed by atoms with Crippen molar-refractivity contribution in [1.82, 2.24) is 10.6 Å². The molecule has 0 amide bonds. The van der Waals surface area contributed by atoms with E-state index in [-0.39, 0.29) is 11.5 Å². The highest BCUT2D eigenvalue weighted by Crippen LogP contribution is 2.33. The quantitative estimate of drug-likeness (QED) is 0.574. The molecule has 5 heteroatoms. The van der Waals surface area contributed by atoms with E-state index < -0.39 is 0 Å². The van der Waals surface area contributed by atoms with E-state index in [9.17, 15) is 0 Å². The topological polar surface area (TPSA) is 45.7 Å². The van der Waals surface area contributed by atoms with Gasteiger partial charge in [0.15, 0.2) is 5.96 Å². The Hall–Kier alpha value is -1.85. The number of nitrogens with one attached hydrogen (secondary N) is 2. The monoisotopic (exact) mass is 385 g/mol. The molecule has 1 saturated heterocycles. The van der Waals surface area contributed by atoms with Gasteiger partial charge in [-0.2, -0.15) is 0 Å². The fourth-order valence-corrected chi connectivity index (χ4v) is 4.42. The fourth-order valence-electron chi connectivity index (χ4n) is 3.57. The first-order chi connectivity index (χ1) is 13.1.